The summed E-state index contributed by atoms with van der Waals surface area (Å²) in [6.45, 7) is -0.772. The van der Waals surface area contributed by atoms with Crippen LogP contribution < -0.4 is 5.73 Å². The van der Waals surface area contributed by atoms with E-state index in [1.54, 1.807) is 6.07 Å². The van der Waals surface area contributed by atoms with Gasteiger partial charge < -0.3 is 20.4 Å². The summed E-state index contributed by atoms with van der Waals surface area (Å²) in [5.41, 5.74) is 7.02. The molecule has 0 saturated heterocycles. The molecule has 36 heavy (non-hydrogen) atoms. The second kappa shape index (κ2) is 8.98. The predicted octanol–water partition coefficient (Wildman–Crippen LogP) is 4.45. The average Bonchev–Trinajstić information content (AvgIpc) is 3.49. The maximum absolute atomic E-state index is 14.7. The van der Waals surface area contributed by atoms with E-state index in [-0.39, 0.29) is 30.3 Å². The zero-order valence-corrected chi connectivity index (χ0v) is 18.5. The summed E-state index contributed by atoms with van der Waals surface area (Å²) in [5, 5.41) is 8.95. The van der Waals surface area contributed by atoms with Crippen molar-refractivity contribution in [3.8, 4) is 6.07 Å². The van der Waals surface area contributed by atoms with E-state index in [9.17, 15) is 22.4 Å². The normalized spacial score (nSPS) is 12.5. The lowest BCUT2D eigenvalue weighted by Crippen LogP contribution is -2.32. The molecular weight excluding hydrogens is 478 g/mol. The smallest absolute Gasteiger partial charge is 0.270 e. The molecule has 3 heterocycles. The first-order valence-electron chi connectivity index (χ1n) is 10.7. The Morgan fingerprint density at radius 2 is 1.64 bits per heavy atom. The largest absolute Gasteiger partial charge is 0.383 e. The van der Waals surface area contributed by atoms with Crippen molar-refractivity contribution in [2.24, 2.45) is 0 Å². The number of pyridine rings is 1. The van der Waals surface area contributed by atoms with Crippen molar-refractivity contribution in [3.05, 3.63) is 93.2 Å². The van der Waals surface area contributed by atoms with Crippen LogP contribution >= 0.6 is 0 Å². The van der Waals surface area contributed by atoms with Gasteiger partial charge in [0.15, 0.2) is 0 Å². The SMILES string of the molecule is N#Cc1cc(F)c(CN(Cc2c(F)cccc2F)C(=O)c2cc3nc(N)c4c(c3[nH]2)COC4)c(F)c1. The van der Waals surface area contributed by atoms with E-state index in [0.717, 1.165) is 40.8 Å². The number of halogens is 4. The summed E-state index contributed by atoms with van der Waals surface area (Å²) in [5.74, 6) is -4.52. The first-order chi connectivity index (χ1) is 17.3. The maximum atomic E-state index is 14.7. The van der Waals surface area contributed by atoms with Crippen LogP contribution in [-0.4, -0.2) is 20.8 Å². The number of aromatic amines is 1. The molecule has 1 aliphatic heterocycles. The molecule has 182 valence electrons. The lowest BCUT2D eigenvalue weighted by atomic mass is 10.1. The third-order valence-electron chi connectivity index (χ3n) is 6.05. The first-order valence-corrected chi connectivity index (χ1v) is 10.7. The molecule has 0 atom stereocenters. The van der Waals surface area contributed by atoms with E-state index in [1.807, 2.05) is 0 Å². The highest BCUT2D eigenvalue weighted by Gasteiger charge is 2.27. The van der Waals surface area contributed by atoms with E-state index in [0.29, 0.717) is 16.6 Å². The molecule has 4 aromatic rings. The van der Waals surface area contributed by atoms with Gasteiger partial charge in [-0.25, -0.2) is 22.5 Å². The number of amides is 1. The number of nitrogens with one attached hydrogen (secondary N) is 1. The number of rotatable bonds is 5. The second-order valence-corrected chi connectivity index (χ2v) is 8.28. The first kappa shape index (κ1) is 23.3. The number of hydrogen-bond donors (Lipinski definition) is 2. The van der Waals surface area contributed by atoms with Crippen LogP contribution in [0, 0.1) is 34.6 Å². The zero-order chi connectivity index (χ0) is 25.6. The second-order valence-electron chi connectivity index (χ2n) is 8.28. The Morgan fingerprint density at radius 3 is 2.28 bits per heavy atom. The van der Waals surface area contributed by atoms with Crippen molar-refractivity contribution in [2.75, 3.05) is 5.73 Å². The molecule has 1 amide bonds. The number of fused-ring (bicyclic) bond motifs is 3. The van der Waals surface area contributed by atoms with Gasteiger partial charge in [-0.1, -0.05) is 6.07 Å². The van der Waals surface area contributed by atoms with Gasteiger partial charge >= 0.3 is 0 Å². The minimum Gasteiger partial charge on any atom is -0.383 e. The van der Waals surface area contributed by atoms with Gasteiger partial charge in [0.1, 0.15) is 34.8 Å². The summed E-state index contributed by atoms with van der Waals surface area (Å²) in [4.78, 5) is 21.7. The number of nitriles is 1. The summed E-state index contributed by atoms with van der Waals surface area (Å²) >= 11 is 0. The van der Waals surface area contributed by atoms with Gasteiger partial charge in [0.2, 0.25) is 0 Å². The lowest BCUT2D eigenvalue weighted by Gasteiger charge is -2.23. The molecule has 0 spiro atoms. The van der Waals surface area contributed by atoms with Crippen molar-refractivity contribution in [3.63, 3.8) is 0 Å². The van der Waals surface area contributed by atoms with Gasteiger partial charge in [-0.2, -0.15) is 5.26 Å². The van der Waals surface area contributed by atoms with Crippen LogP contribution in [0.1, 0.15) is 38.3 Å². The minimum absolute atomic E-state index is 0.0246. The third-order valence-corrected chi connectivity index (χ3v) is 6.05. The Hall–Kier alpha value is -4.43. The number of nitrogen functional groups attached to an aromatic ring is 1. The van der Waals surface area contributed by atoms with Gasteiger partial charge in [-0.05, 0) is 30.3 Å². The molecule has 0 aliphatic carbocycles. The molecule has 2 aromatic heterocycles. The fourth-order valence-corrected chi connectivity index (χ4v) is 4.21. The Bertz CT molecular complexity index is 1530. The number of aromatic nitrogens is 2. The van der Waals surface area contributed by atoms with Crippen LogP contribution in [0.25, 0.3) is 11.0 Å². The van der Waals surface area contributed by atoms with Gasteiger partial charge in [0, 0.05) is 22.3 Å². The molecule has 0 unspecified atom stereocenters. The number of H-pyrrole nitrogens is 1. The van der Waals surface area contributed by atoms with Crippen molar-refractivity contribution in [1.29, 1.82) is 5.26 Å². The number of nitrogens with zero attached hydrogens (tertiary/aromatic N) is 3. The highest BCUT2D eigenvalue weighted by atomic mass is 19.1. The third kappa shape index (κ3) is 4.01. The van der Waals surface area contributed by atoms with E-state index >= 15 is 0 Å². The predicted molar refractivity (Wildman–Crippen MR) is 120 cm³/mol. The highest BCUT2D eigenvalue weighted by Crippen LogP contribution is 2.31. The van der Waals surface area contributed by atoms with E-state index < -0.39 is 53.4 Å². The summed E-state index contributed by atoms with van der Waals surface area (Å²) in [6.07, 6.45) is 0. The molecule has 11 heteroatoms. The van der Waals surface area contributed by atoms with Crippen LogP contribution in [0.5, 0.6) is 0 Å². The Labute approximate surface area is 201 Å². The molecule has 0 radical (unpaired) electrons. The molecule has 7 nitrogen and oxygen atoms in total. The molecule has 3 N–H and O–H groups in total. The van der Waals surface area contributed by atoms with Crippen LogP contribution in [0.15, 0.2) is 36.4 Å². The summed E-state index contributed by atoms with van der Waals surface area (Å²) in [6, 6.07) is 7.89. The molecule has 2 aromatic carbocycles. The summed E-state index contributed by atoms with van der Waals surface area (Å²) in [7, 11) is 0. The Kier molecular flexibility index (Phi) is 5.81. The monoisotopic (exact) mass is 495 g/mol. The van der Waals surface area contributed by atoms with E-state index in [2.05, 4.69) is 9.97 Å². The minimum atomic E-state index is -1.07. The number of ether oxygens (including phenoxy) is 1. The molecule has 5 rings (SSSR count). The Morgan fingerprint density at radius 1 is 1.03 bits per heavy atom. The highest BCUT2D eigenvalue weighted by molar-refractivity contribution is 5.98. The van der Waals surface area contributed by atoms with Gasteiger partial charge in [0.05, 0.1) is 49.0 Å². The topological polar surface area (TPSA) is 108 Å². The number of carbonyl (C=O) groups excluding carboxylic acids is 1. The molecule has 0 saturated carbocycles. The molecular formula is C25H17F4N5O2. The van der Waals surface area contributed by atoms with Crippen LogP contribution in [0.3, 0.4) is 0 Å². The Balaban J connectivity index is 1.58. The molecule has 0 bridgehead atoms. The number of hydrogen-bond acceptors (Lipinski definition) is 5. The van der Waals surface area contributed by atoms with Crippen LogP contribution in [-0.2, 0) is 31.0 Å². The fourth-order valence-electron chi connectivity index (χ4n) is 4.21. The number of carbonyl (C=O) groups is 1. The van der Waals surface area contributed by atoms with Gasteiger partial charge in [-0.15, -0.1) is 0 Å². The van der Waals surface area contributed by atoms with E-state index in [1.165, 1.54) is 6.07 Å². The summed E-state index contributed by atoms with van der Waals surface area (Å²) < 4.78 is 63.6. The number of anilines is 1. The molecule has 1 aliphatic rings. The number of benzene rings is 2. The zero-order valence-electron chi connectivity index (χ0n) is 18.5. The van der Waals surface area contributed by atoms with Crippen molar-refractivity contribution >= 4 is 22.8 Å². The van der Waals surface area contributed by atoms with Crippen LogP contribution in [0.2, 0.25) is 0 Å². The van der Waals surface area contributed by atoms with Gasteiger partial charge in [-0.3, -0.25) is 4.79 Å². The number of nitrogens with two attached hydrogens (primary N) is 1. The van der Waals surface area contributed by atoms with Crippen LogP contribution in [0.4, 0.5) is 23.4 Å². The molecule has 0 fully saturated rings. The average molecular weight is 495 g/mol. The van der Waals surface area contributed by atoms with Crippen molar-refractivity contribution in [1.82, 2.24) is 14.9 Å². The maximum Gasteiger partial charge on any atom is 0.270 e. The fraction of sp³-hybridized carbons (Fsp3) is 0.160. The quantitative estimate of drug-likeness (QED) is 0.398. The van der Waals surface area contributed by atoms with Gasteiger partial charge in [0.25, 0.3) is 5.91 Å². The van der Waals surface area contributed by atoms with Crippen molar-refractivity contribution < 1.29 is 27.1 Å². The van der Waals surface area contributed by atoms with Crippen molar-refractivity contribution in [2.45, 2.75) is 26.3 Å². The van der Waals surface area contributed by atoms with E-state index in [4.69, 9.17) is 15.7 Å². The lowest BCUT2D eigenvalue weighted by molar-refractivity contribution is 0.0718. The standard InChI is InChI=1S/C25H17F4N5O2/c26-17-2-1-3-18(27)13(17)8-34(9-14-19(28)4-12(7-30)5-20(14)29)25(35)22-6-21-23(32-22)15-10-36-11-16(15)24(31)33-21/h1-6,32H,8-11H2,(H2,31,33).